The average molecular weight is 173 g/mol. The van der Waals surface area contributed by atoms with Crippen molar-refractivity contribution in [2.24, 2.45) is 0 Å². The summed E-state index contributed by atoms with van der Waals surface area (Å²) in [5.74, 6) is 0. The molecule has 0 saturated carbocycles. The zero-order valence-electron chi connectivity index (χ0n) is 7.65. The maximum atomic E-state index is 5.99. The number of halogens is 1. The van der Waals surface area contributed by atoms with Crippen LogP contribution in [0.2, 0.25) is 0 Å². The van der Waals surface area contributed by atoms with Crippen LogP contribution in [0.3, 0.4) is 0 Å². The Labute approximate surface area is 74.9 Å². The number of hydrogen-bond donors (Lipinski definition) is 0. The van der Waals surface area contributed by atoms with Crippen molar-refractivity contribution in [3.05, 3.63) is 23.8 Å². The topological polar surface area (TPSA) is 0 Å². The molecule has 0 nitrogen and oxygen atoms in total. The van der Waals surface area contributed by atoms with Gasteiger partial charge in [0.05, 0.1) is 5.38 Å². The van der Waals surface area contributed by atoms with E-state index in [1.54, 1.807) is 0 Å². The fraction of sp³-hybridized carbons (Fsp3) is 0.600. The maximum Gasteiger partial charge on any atom is 0.0543 e. The predicted molar refractivity (Wildman–Crippen MR) is 53.1 cm³/mol. The lowest BCUT2D eigenvalue weighted by molar-refractivity contribution is 0.811. The number of allylic oxidation sites excluding steroid dienone is 3. The van der Waals surface area contributed by atoms with Gasteiger partial charge < -0.3 is 0 Å². The molecule has 0 rings (SSSR count). The summed E-state index contributed by atoms with van der Waals surface area (Å²) in [6.07, 6.45) is 4.21. The Bertz CT molecular complexity index is 156. The minimum absolute atomic E-state index is 0.143. The van der Waals surface area contributed by atoms with Gasteiger partial charge in [0.25, 0.3) is 0 Å². The molecule has 0 aliphatic carbocycles. The van der Waals surface area contributed by atoms with Crippen molar-refractivity contribution in [1.82, 2.24) is 0 Å². The van der Waals surface area contributed by atoms with Crippen molar-refractivity contribution in [2.45, 2.75) is 39.0 Å². The van der Waals surface area contributed by atoms with Crippen molar-refractivity contribution in [3.63, 3.8) is 0 Å². The van der Waals surface area contributed by atoms with Gasteiger partial charge in [-0.05, 0) is 33.6 Å². The average Bonchev–Trinajstić information content (AvgIpc) is 1.99. The second kappa shape index (κ2) is 5.42. The minimum Gasteiger partial charge on any atom is -0.118 e. The number of rotatable bonds is 4. The molecule has 0 aliphatic rings. The Morgan fingerprint density at radius 2 is 2.09 bits per heavy atom. The first-order chi connectivity index (χ1) is 5.07. The van der Waals surface area contributed by atoms with E-state index in [1.165, 1.54) is 5.57 Å². The van der Waals surface area contributed by atoms with E-state index in [0.717, 1.165) is 18.4 Å². The maximum absolute atomic E-state index is 5.99. The molecule has 0 aliphatic heterocycles. The molecule has 1 heteroatoms. The lowest BCUT2D eigenvalue weighted by atomic mass is 10.1. The van der Waals surface area contributed by atoms with Gasteiger partial charge in [-0.2, -0.15) is 0 Å². The molecule has 0 aromatic carbocycles. The zero-order valence-corrected chi connectivity index (χ0v) is 8.41. The van der Waals surface area contributed by atoms with Crippen molar-refractivity contribution in [1.29, 1.82) is 0 Å². The van der Waals surface area contributed by atoms with Gasteiger partial charge in [0, 0.05) is 0 Å². The molecule has 0 spiro atoms. The number of alkyl halides is 1. The van der Waals surface area contributed by atoms with Crippen LogP contribution in [0.1, 0.15) is 33.6 Å². The molecule has 0 unspecified atom stereocenters. The Morgan fingerprint density at radius 1 is 1.55 bits per heavy atom. The van der Waals surface area contributed by atoms with Crippen molar-refractivity contribution < 1.29 is 0 Å². The zero-order chi connectivity index (χ0) is 8.85. The monoisotopic (exact) mass is 172 g/mol. The summed E-state index contributed by atoms with van der Waals surface area (Å²) in [6.45, 7) is 9.96. The Morgan fingerprint density at radius 3 is 2.45 bits per heavy atom. The Balaban J connectivity index is 3.62. The van der Waals surface area contributed by atoms with E-state index >= 15 is 0 Å². The standard InChI is InChI=1S/C10H17Cl/c1-5-9(4)6-7-10(11)8(2)3/h5,10H,2,6-7H2,1,3-4H3/b9-5-/t10-/m0/s1. The van der Waals surface area contributed by atoms with Crippen LogP contribution in [0.15, 0.2) is 23.8 Å². The normalized spacial score (nSPS) is 14.7. The van der Waals surface area contributed by atoms with Crippen molar-refractivity contribution in [2.75, 3.05) is 0 Å². The molecule has 0 fully saturated rings. The van der Waals surface area contributed by atoms with Crippen LogP contribution in [0.25, 0.3) is 0 Å². The van der Waals surface area contributed by atoms with E-state index in [2.05, 4.69) is 26.5 Å². The van der Waals surface area contributed by atoms with Gasteiger partial charge in [-0.1, -0.05) is 23.8 Å². The summed E-state index contributed by atoms with van der Waals surface area (Å²) in [7, 11) is 0. The van der Waals surface area contributed by atoms with Gasteiger partial charge in [0.15, 0.2) is 0 Å². The highest BCUT2D eigenvalue weighted by Gasteiger charge is 2.03. The quantitative estimate of drug-likeness (QED) is 0.446. The summed E-state index contributed by atoms with van der Waals surface area (Å²) < 4.78 is 0. The Kier molecular flexibility index (Phi) is 5.31. The summed E-state index contributed by atoms with van der Waals surface area (Å²) >= 11 is 5.99. The Hall–Kier alpha value is -0.230. The molecule has 0 amide bonds. The number of hydrogen-bond acceptors (Lipinski definition) is 0. The summed E-state index contributed by atoms with van der Waals surface area (Å²) in [5, 5.41) is 0.143. The van der Waals surface area contributed by atoms with E-state index < -0.39 is 0 Å². The molecular formula is C10H17Cl. The smallest absolute Gasteiger partial charge is 0.0543 e. The summed E-state index contributed by atoms with van der Waals surface area (Å²) in [4.78, 5) is 0. The van der Waals surface area contributed by atoms with Gasteiger partial charge in [0.1, 0.15) is 0 Å². The molecule has 0 bridgehead atoms. The summed E-state index contributed by atoms with van der Waals surface area (Å²) in [6, 6.07) is 0. The molecular weight excluding hydrogens is 156 g/mol. The first kappa shape index (κ1) is 10.8. The molecule has 11 heavy (non-hydrogen) atoms. The van der Waals surface area contributed by atoms with Gasteiger partial charge >= 0.3 is 0 Å². The molecule has 0 saturated heterocycles. The van der Waals surface area contributed by atoms with Crippen molar-refractivity contribution in [3.8, 4) is 0 Å². The third kappa shape index (κ3) is 5.09. The third-order valence-electron chi connectivity index (χ3n) is 1.82. The largest absolute Gasteiger partial charge is 0.118 e. The minimum atomic E-state index is 0.143. The highest BCUT2D eigenvalue weighted by Crippen LogP contribution is 2.16. The highest BCUT2D eigenvalue weighted by atomic mass is 35.5. The van der Waals surface area contributed by atoms with E-state index in [4.69, 9.17) is 11.6 Å². The summed E-state index contributed by atoms with van der Waals surface area (Å²) in [5.41, 5.74) is 2.47. The van der Waals surface area contributed by atoms with Gasteiger partial charge in [-0.25, -0.2) is 0 Å². The van der Waals surface area contributed by atoms with Crippen LogP contribution >= 0.6 is 11.6 Å². The lowest BCUT2D eigenvalue weighted by Crippen LogP contribution is -1.98. The van der Waals surface area contributed by atoms with E-state index in [-0.39, 0.29) is 5.38 Å². The fourth-order valence-electron chi connectivity index (χ4n) is 0.745. The molecule has 0 aromatic rings. The molecule has 0 N–H and O–H groups in total. The highest BCUT2D eigenvalue weighted by molar-refractivity contribution is 6.22. The lowest BCUT2D eigenvalue weighted by Gasteiger charge is -2.07. The van der Waals surface area contributed by atoms with Gasteiger partial charge in [-0.15, -0.1) is 11.6 Å². The first-order valence-electron chi connectivity index (χ1n) is 3.99. The first-order valence-corrected chi connectivity index (χ1v) is 4.42. The second-order valence-corrected chi connectivity index (χ2v) is 3.51. The van der Waals surface area contributed by atoms with Gasteiger partial charge in [0.2, 0.25) is 0 Å². The van der Waals surface area contributed by atoms with E-state index in [1.807, 2.05) is 6.92 Å². The fourth-order valence-corrected chi connectivity index (χ4v) is 0.854. The molecule has 0 heterocycles. The van der Waals surface area contributed by atoms with Gasteiger partial charge in [-0.3, -0.25) is 0 Å². The van der Waals surface area contributed by atoms with Crippen LogP contribution < -0.4 is 0 Å². The van der Waals surface area contributed by atoms with Crippen LogP contribution in [-0.4, -0.2) is 5.38 Å². The molecule has 0 aromatic heterocycles. The predicted octanol–water partition coefficient (Wildman–Crippen LogP) is 3.92. The molecule has 1 atom stereocenters. The second-order valence-electron chi connectivity index (χ2n) is 2.99. The molecule has 64 valence electrons. The van der Waals surface area contributed by atoms with E-state index in [0.29, 0.717) is 0 Å². The van der Waals surface area contributed by atoms with E-state index in [9.17, 15) is 0 Å². The van der Waals surface area contributed by atoms with Crippen LogP contribution in [0.4, 0.5) is 0 Å². The van der Waals surface area contributed by atoms with Crippen LogP contribution in [0.5, 0.6) is 0 Å². The van der Waals surface area contributed by atoms with Crippen LogP contribution in [0, 0.1) is 0 Å². The third-order valence-corrected chi connectivity index (χ3v) is 2.41. The van der Waals surface area contributed by atoms with Crippen molar-refractivity contribution >= 4 is 11.6 Å². The SMILES string of the molecule is C=C(C)[C@@H](Cl)CC/C(C)=C\C. The van der Waals surface area contributed by atoms with Crippen LogP contribution in [-0.2, 0) is 0 Å². The molecule has 0 radical (unpaired) electrons.